The molecule has 0 saturated carbocycles. The van der Waals surface area contributed by atoms with Crippen molar-refractivity contribution in [2.75, 3.05) is 13.1 Å². The lowest BCUT2D eigenvalue weighted by Gasteiger charge is -2.15. The summed E-state index contributed by atoms with van der Waals surface area (Å²) in [5.41, 5.74) is 1.13. The van der Waals surface area contributed by atoms with E-state index in [1.807, 2.05) is 12.1 Å². The van der Waals surface area contributed by atoms with Gasteiger partial charge >= 0.3 is 0 Å². The predicted molar refractivity (Wildman–Crippen MR) is 59.8 cm³/mol. The van der Waals surface area contributed by atoms with Crippen molar-refractivity contribution in [1.29, 1.82) is 0 Å². The number of carbonyl (C=O) groups excluding carboxylic acids is 1. The molecule has 4 heteroatoms. The molecule has 86 valence electrons. The Kier molecular flexibility index (Phi) is 3.51. The van der Waals surface area contributed by atoms with E-state index in [-0.39, 0.29) is 12.0 Å². The molecule has 1 fully saturated rings. The average Bonchev–Trinajstić information content (AvgIpc) is 2.74. The molecule has 0 spiro atoms. The lowest BCUT2D eigenvalue weighted by atomic mass is 10.1. The molecule has 0 aromatic carbocycles. The van der Waals surface area contributed by atoms with Gasteiger partial charge in [0.25, 0.3) is 0 Å². The van der Waals surface area contributed by atoms with Crippen LogP contribution in [0.15, 0.2) is 24.5 Å². The maximum Gasteiger partial charge on any atom is 0.222 e. The van der Waals surface area contributed by atoms with E-state index in [1.165, 1.54) is 0 Å². The topological polar surface area (TPSA) is 53.4 Å². The molecular formula is C12H16N2O2. The second kappa shape index (κ2) is 5.07. The number of aryl methyl sites for hydroxylation is 1. The van der Waals surface area contributed by atoms with Crippen molar-refractivity contribution in [2.45, 2.75) is 25.4 Å². The second-order valence-electron chi connectivity index (χ2n) is 4.14. The van der Waals surface area contributed by atoms with Crippen LogP contribution in [0.4, 0.5) is 0 Å². The number of likely N-dealkylation sites (tertiary alicyclic amines) is 1. The third kappa shape index (κ3) is 2.79. The summed E-state index contributed by atoms with van der Waals surface area (Å²) in [5.74, 6) is 0.133. The largest absolute Gasteiger partial charge is 0.391 e. The van der Waals surface area contributed by atoms with Gasteiger partial charge in [-0.05, 0) is 30.5 Å². The molecule has 2 rings (SSSR count). The van der Waals surface area contributed by atoms with Gasteiger partial charge < -0.3 is 10.0 Å². The Labute approximate surface area is 94.9 Å². The van der Waals surface area contributed by atoms with Crippen molar-refractivity contribution in [2.24, 2.45) is 0 Å². The van der Waals surface area contributed by atoms with Crippen molar-refractivity contribution >= 4 is 5.91 Å². The fourth-order valence-electron chi connectivity index (χ4n) is 1.93. The average molecular weight is 220 g/mol. The van der Waals surface area contributed by atoms with Gasteiger partial charge in [-0.25, -0.2) is 0 Å². The number of rotatable bonds is 3. The molecule has 0 radical (unpaired) electrons. The molecule has 1 aromatic heterocycles. The smallest absolute Gasteiger partial charge is 0.222 e. The van der Waals surface area contributed by atoms with Crippen LogP contribution < -0.4 is 0 Å². The lowest BCUT2D eigenvalue weighted by molar-refractivity contribution is -0.130. The number of aromatic nitrogens is 1. The first-order valence-corrected chi connectivity index (χ1v) is 5.60. The zero-order valence-electron chi connectivity index (χ0n) is 9.17. The Balaban J connectivity index is 1.80. The van der Waals surface area contributed by atoms with Gasteiger partial charge in [-0.2, -0.15) is 0 Å². The summed E-state index contributed by atoms with van der Waals surface area (Å²) in [6.45, 7) is 1.19. The monoisotopic (exact) mass is 220 g/mol. The van der Waals surface area contributed by atoms with Crippen LogP contribution >= 0.6 is 0 Å². The van der Waals surface area contributed by atoms with Gasteiger partial charge in [0.05, 0.1) is 6.10 Å². The van der Waals surface area contributed by atoms with Crippen molar-refractivity contribution < 1.29 is 9.90 Å². The van der Waals surface area contributed by atoms with Gasteiger partial charge in [-0.3, -0.25) is 9.78 Å². The van der Waals surface area contributed by atoms with Crippen LogP contribution in [0.1, 0.15) is 18.4 Å². The molecule has 16 heavy (non-hydrogen) atoms. The number of aliphatic hydroxyl groups is 1. The maximum absolute atomic E-state index is 11.8. The highest BCUT2D eigenvalue weighted by Crippen LogP contribution is 2.11. The molecule has 0 unspecified atom stereocenters. The minimum atomic E-state index is -0.329. The van der Waals surface area contributed by atoms with Gasteiger partial charge in [-0.15, -0.1) is 0 Å². The number of β-amino-alcohol motifs (C(OH)–C–C–N with tert-alkyl or cyclic N) is 1. The summed E-state index contributed by atoms with van der Waals surface area (Å²) in [5, 5.41) is 9.33. The van der Waals surface area contributed by atoms with Crippen LogP contribution in [0, 0.1) is 0 Å². The molecular weight excluding hydrogens is 204 g/mol. The van der Waals surface area contributed by atoms with E-state index in [2.05, 4.69) is 4.98 Å². The van der Waals surface area contributed by atoms with E-state index in [1.54, 1.807) is 17.3 Å². The molecule has 4 nitrogen and oxygen atoms in total. The lowest BCUT2D eigenvalue weighted by Crippen LogP contribution is -2.29. The molecule has 1 saturated heterocycles. The summed E-state index contributed by atoms with van der Waals surface area (Å²) in [4.78, 5) is 17.4. The minimum absolute atomic E-state index is 0.133. The third-order valence-electron chi connectivity index (χ3n) is 2.89. The number of aliphatic hydroxyl groups excluding tert-OH is 1. The summed E-state index contributed by atoms with van der Waals surface area (Å²) in [6, 6.07) is 3.85. The molecule has 0 aliphatic carbocycles. The molecule has 1 amide bonds. The van der Waals surface area contributed by atoms with Crippen LogP contribution in [0.2, 0.25) is 0 Å². The van der Waals surface area contributed by atoms with Gasteiger partial charge in [0.2, 0.25) is 5.91 Å². The van der Waals surface area contributed by atoms with E-state index >= 15 is 0 Å². The third-order valence-corrected chi connectivity index (χ3v) is 2.89. The molecule has 1 aromatic rings. The molecule has 1 N–H and O–H groups in total. The Morgan fingerprint density at radius 1 is 1.50 bits per heavy atom. The molecule has 1 aliphatic heterocycles. The zero-order chi connectivity index (χ0) is 11.4. The highest BCUT2D eigenvalue weighted by atomic mass is 16.3. The van der Waals surface area contributed by atoms with E-state index in [0.717, 1.165) is 12.0 Å². The SMILES string of the molecule is O=C(CCc1ccncc1)N1CC[C@@H](O)C1. The first kappa shape index (κ1) is 11.1. The summed E-state index contributed by atoms with van der Waals surface area (Å²) < 4.78 is 0. The van der Waals surface area contributed by atoms with E-state index in [4.69, 9.17) is 0 Å². The van der Waals surface area contributed by atoms with E-state index < -0.39 is 0 Å². The number of hydrogen-bond donors (Lipinski definition) is 1. The predicted octanol–water partition coefficient (Wildman–Crippen LogP) is 0.607. The first-order valence-electron chi connectivity index (χ1n) is 5.60. The molecule has 0 bridgehead atoms. The summed E-state index contributed by atoms with van der Waals surface area (Å²) in [7, 11) is 0. The Bertz CT molecular complexity index is 353. The van der Waals surface area contributed by atoms with E-state index in [0.29, 0.717) is 25.9 Å². The highest BCUT2D eigenvalue weighted by molar-refractivity contribution is 5.76. The van der Waals surface area contributed by atoms with Gasteiger partial charge in [0.15, 0.2) is 0 Å². The molecule has 1 atom stereocenters. The van der Waals surface area contributed by atoms with E-state index in [9.17, 15) is 9.90 Å². The second-order valence-corrected chi connectivity index (χ2v) is 4.14. The van der Waals surface area contributed by atoms with Crippen LogP contribution in [0.3, 0.4) is 0 Å². The van der Waals surface area contributed by atoms with Crippen LogP contribution in [-0.4, -0.2) is 40.1 Å². The normalized spacial score (nSPS) is 20.1. The Morgan fingerprint density at radius 3 is 2.88 bits per heavy atom. The number of hydrogen-bond acceptors (Lipinski definition) is 3. The van der Waals surface area contributed by atoms with Crippen molar-refractivity contribution in [3.8, 4) is 0 Å². The summed E-state index contributed by atoms with van der Waals surface area (Å²) in [6.07, 6.45) is 5.11. The number of amides is 1. The fraction of sp³-hybridized carbons (Fsp3) is 0.500. The van der Waals surface area contributed by atoms with Crippen molar-refractivity contribution in [3.05, 3.63) is 30.1 Å². The van der Waals surface area contributed by atoms with Crippen LogP contribution in [0.25, 0.3) is 0 Å². The Hall–Kier alpha value is -1.42. The van der Waals surface area contributed by atoms with Gasteiger partial charge in [0.1, 0.15) is 0 Å². The van der Waals surface area contributed by atoms with Gasteiger partial charge in [0, 0.05) is 31.9 Å². The van der Waals surface area contributed by atoms with Crippen LogP contribution in [-0.2, 0) is 11.2 Å². The maximum atomic E-state index is 11.8. The fourth-order valence-corrected chi connectivity index (χ4v) is 1.93. The summed E-state index contributed by atoms with van der Waals surface area (Å²) >= 11 is 0. The standard InChI is InChI=1S/C12H16N2O2/c15-11-5-8-14(9-11)12(16)2-1-10-3-6-13-7-4-10/h3-4,6-7,11,15H,1-2,5,8-9H2/t11-/m1/s1. The Morgan fingerprint density at radius 2 is 2.25 bits per heavy atom. The van der Waals surface area contributed by atoms with Gasteiger partial charge in [-0.1, -0.05) is 0 Å². The molecule has 1 aliphatic rings. The number of carbonyl (C=O) groups is 1. The highest BCUT2D eigenvalue weighted by Gasteiger charge is 2.23. The molecule has 2 heterocycles. The number of nitrogens with zero attached hydrogens (tertiary/aromatic N) is 2. The van der Waals surface area contributed by atoms with Crippen molar-refractivity contribution in [1.82, 2.24) is 9.88 Å². The minimum Gasteiger partial charge on any atom is -0.391 e. The number of pyridine rings is 1. The zero-order valence-corrected chi connectivity index (χ0v) is 9.17. The van der Waals surface area contributed by atoms with Crippen LogP contribution in [0.5, 0.6) is 0 Å². The quantitative estimate of drug-likeness (QED) is 0.812. The van der Waals surface area contributed by atoms with Crippen molar-refractivity contribution in [3.63, 3.8) is 0 Å². The first-order chi connectivity index (χ1) is 7.75.